The molecule has 2 rings (SSSR count). The van der Waals surface area contributed by atoms with Gasteiger partial charge in [0.25, 0.3) is 0 Å². The molecule has 1 fully saturated rings. The first-order valence-electron chi connectivity index (χ1n) is 6.12. The molecule has 1 saturated heterocycles. The maximum absolute atomic E-state index is 5.47. The summed E-state index contributed by atoms with van der Waals surface area (Å²) in [6.07, 6.45) is 3.20. The lowest BCUT2D eigenvalue weighted by Gasteiger charge is -2.13. The molecular weight excluding hydrogens is 218 g/mol. The van der Waals surface area contributed by atoms with E-state index in [1.807, 2.05) is 6.20 Å². The van der Waals surface area contributed by atoms with Gasteiger partial charge in [0.2, 0.25) is 0 Å². The monoisotopic (exact) mass is 239 g/mol. The minimum Gasteiger partial charge on any atom is -0.384 e. The molecule has 1 aromatic heterocycles. The van der Waals surface area contributed by atoms with Crippen LogP contribution in [0.2, 0.25) is 0 Å². The van der Waals surface area contributed by atoms with Crippen LogP contribution in [0.3, 0.4) is 0 Å². The standard InChI is InChI=1S/C11H21N5O/c1-17-9-10-2-4-15(6-10)7-11-8-16(5-3-12)14-13-11/h8,10H,2-7,9,12H2,1H3. The van der Waals surface area contributed by atoms with Crippen molar-refractivity contribution < 1.29 is 4.74 Å². The summed E-state index contributed by atoms with van der Waals surface area (Å²) in [7, 11) is 1.76. The number of nitrogens with zero attached hydrogens (tertiary/aromatic N) is 4. The molecule has 0 radical (unpaired) electrons. The molecule has 0 bridgehead atoms. The molecule has 0 aromatic carbocycles. The minimum absolute atomic E-state index is 0.600. The van der Waals surface area contributed by atoms with Crippen LogP contribution in [0.4, 0.5) is 0 Å². The van der Waals surface area contributed by atoms with Crippen molar-refractivity contribution in [2.75, 3.05) is 33.4 Å². The van der Waals surface area contributed by atoms with Crippen LogP contribution in [0.25, 0.3) is 0 Å². The summed E-state index contributed by atoms with van der Waals surface area (Å²) < 4.78 is 6.99. The topological polar surface area (TPSA) is 69.2 Å². The van der Waals surface area contributed by atoms with Crippen molar-refractivity contribution >= 4 is 0 Å². The van der Waals surface area contributed by atoms with Crippen LogP contribution >= 0.6 is 0 Å². The summed E-state index contributed by atoms with van der Waals surface area (Å²) in [5, 5.41) is 8.19. The van der Waals surface area contributed by atoms with E-state index in [0.29, 0.717) is 12.5 Å². The quantitative estimate of drug-likeness (QED) is 0.738. The SMILES string of the molecule is COCC1CCN(Cc2cn(CCN)nn2)C1. The molecule has 0 spiro atoms. The molecule has 1 atom stereocenters. The summed E-state index contributed by atoms with van der Waals surface area (Å²) in [6, 6.07) is 0. The molecular formula is C11H21N5O. The van der Waals surface area contributed by atoms with Gasteiger partial charge in [0.15, 0.2) is 0 Å². The number of likely N-dealkylation sites (tertiary alicyclic amines) is 1. The molecule has 1 unspecified atom stereocenters. The second-order valence-corrected chi connectivity index (χ2v) is 4.61. The summed E-state index contributed by atoms with van der Waals surface area (Å²) in [4.78, 5) is 2.40. The molecule has 17 heavy (non-hydrogen) atoms. The van der Waals surface area contributed by atoms with Gasteiger partial charge in [-0.15, -0.1) is 5.10 Å². The third-order valence-electron chi connectivity index (χ3n) is 3.10. The summed E-state index contributed by atoms with van der Waals surface area (Å²) >= 11 is 0. The molecule has 0 amide bonds. The molecule has 6 nitrogen and oxygen atoms in total. The number of rotatable bonds is 6. The van der Waals surface area contributed by atoms with E-state index in [9.17, 15) is 0 Å². The molecule has 2 N–H and O–H groups in total. The second-order valence-electron chi connectivity index (χ2n) is 4.61. The van der Waals surface area contributed by atoms with Crippen molar-refractivity contribution in [3.05, 3.63) is 11.9 Å². The molecule has 2 heterocycles. The number of ether oxygens (including phenoxy) is 1. The largest absolute Gasteiger partial charge is 0.384 e. The van der Waals surface area contributed by atoms with Crippen LogP contribution in [0.1, 0.15) is 12.1 Å². The third kappa shape index (κ3) is 3.49. The number of methoxy groups -OCH3 is 1. The van der Waals surface area contributed by atoms with E-state index in [0.717, 1.165) is 38.5 Å². The molecule has 96 valence electrons. The van der Waals surface area contributed by atoms with Crippen molar-refractivity contribution in [3.63, 3.8) is 0 Å². The highest BCUT2D eigenvalue weighted by molar-refractivity contribution is 4.93. The smallest absolute Gasteiger partial charge is 0.0967 e. The highest BCUT2D eigenvalue weighted by Crippen LogP contribution is 2.17. The first-order valence-corrected chi connectivity index (χ1v) is 6.12. The Morgan fingerprint density at radius 1 is 1.59 bits per heavy atom. The van der Waals surface area contributed by atoms with Crippen LogP contribution < -0.4 is 5.73 Å². The van der Waals surface area contributed by atoms with Gasteiger partial charge in [0, 0.05) is 32.9 Å². The lowest BCUT2D eigenvalue weighted by atomic mass is 10.1. The molecule has 1 aromatic rings. The van der Waals surface area contributed by atoms with E-state index in [2.05, 4.69) is 15.2 Å². The van der Waals surface area contributed by atoms with Crippen LogP contribution in [-0.4, -0.2) is 53.2 Å². The Labute approximate surface area is 102 Å². The summed E-state index contributed by atoms with van der Waals surface area (Å²) in [6.45, 7) is 5.29. The van der Waals surface area contributed by atoms with Gasteiger partial charge in [-0.1, -0.05) is 5.21 Å². The van der Waals surface area contributed by atoms with Crippen LogP contribution in [0.15, 0.2) is 6.20 Å². The fourth-order valence-corrected chi connectivity index (χ4v) is 2.31. The van der Waals surface area contributed by atoms with E-state index in [1.54, 1.807) is 11.8 Å². The van der Waals surface area contributed by atoms with E-state index in [-0.39, 0.29) is 0 Å². The Bertz CT molecular complexity index is 340. The third-order valence-corrected chi connectivity index (χ3v) is 3.10. The molecule has 1 aliphatic heterocycles. The predicted octanol–water partition coefficient (Wildman–Crippen LogP) is -0.295. The lowest BCUT2D eigenvalue weighted by molar-refractivity contribution is 0.152. The Balaban J connectivity index is 1.80. The average Bonchev–Trinajstić information content (AvgIpc) is 2.91. The van der Waals surface area contributed by atoms with Crippen molar-refractivity contribution in [2.24, 2.45) is 11.7 Å². The maximum Gasteiger partial charge on any atom is 0.0967 e. The van der Waals surface area contributed by atoms with Crippen molar-refractivity contribution in [3.8, 4) is 0 Å². The van der Waals surface area contributed by atoms with Gasteiger partial charge >= 0.3 is 0 Å². The average molecular weight is 239 g/mol. The van der Waals surface area contributed by atoms with Crippen molar-refractivity contribution in [2.45, 2.75) is 19.5 Å². The van der Waals surface area contributed by atoms with Crippen molar-refractivity contribution in [1.82, 2.24) is 19.9 Å². The summed E-state index contributed by atoms with van der Waals surface area (Å²) in [5.41, 5.74) is 6.50. The van der Waals surface area contributed by atoms with Gasteiger partial charge in [-0.05, 0) is 18.9 Å². The Kier molecular flexibility index (Phi) is 4.47. The van der Waals surface area contributed by atoms with E-state index >= 15 is 0 Å². The fraction of sp³-hybridized carbons (Fsp3) is 0.818. The number of hydrogen-bond acceptors (Lipinski definition) is 5. The number of aromatic nitrogens is 3. The van der Waals surface area contributed by atoms with Crippen LogP contribution in [0.5, 0.6) is 0 Å². The molecule has 0 saturated carbocycles. The van der Waals surface area contributed by atoms with E-state index in [1.165, 1.54) is 6.42 Å². The second kappa shape index (κ2) is 6.09. The Morgan fingerprint density at radius 3 is 3.24 bits per heavy atom. The minimum atomic E-state index is 0.600. The maximum atomic E-state index is 5.47. The molecule has 6 heteroatoms. The van der Waals surface area contributed by atoms with E-state index in [4.69, 9.17) is 10.5 Å². The first kappa shape index (κ1) is 12.5. The van der Waals surface area contributed by atoms with Gasteiger partial charge in [-0.2, -0.15) is 0 Å². The van der Waals surface area contributed by atoms with E-state index < -0.39 is 0 Å². The Morgan fingerprint density at radius 2 is 2.47 bits per heavy atom. The Hall–Kier alpha value is -0.980. The zero-order chi connectivity index (χ0) is 12.1. The molecule has 0 aliphatic carbocycles. The lowest BCUT2D eigenvalue weighted by Crippen LogP contribution is -2.21. The molecule has 1 aliphatic rings. The normalized spacial score (nSPS) is 21.2. The van der Waals surface area contributed by atoms with Gasteiger partial charge in [-0.3, -0.25) is 9.58 Å². The van der Waals surface area contributed by atoms with Gasteiger partial charge in [0.1, 0.15) is 0 Å². The van der Waals surface area contributed by atoms with Crippen LogP contribution in [0, 0.1) is 5.92 Å². The van der Waals surface area contributed by atoms with Gasteiger partial charge < -0.3 is 10.5 Å². The zero-order valence-electron chi connectivity index (χ0n) is 10.4. The highest BCUT2D eigenvalue weighted by atomic mass is 16.5. The number of hydrogen-bond donors (Lipinski definition) is 1. The highest BCUT2D eigenvalue weighted by Gasteiger charge is 2.22. The number of nitrogens with two attached hydrogens (primary N) is 1. The fourth-order valence-electron chi connectivity index (χ4n) is 2.31. The van der Waals surface area contributed by atoms with Gasteiger partial charge in [-0.25, -0.2) is 0 Å². The van der Waals surface area contributed by atoms with Crippen molar-refractivity contribution in [1.29, 1.82) is 0 Å². The predicted molar refractivity (Wildman–Crippen MR) is 64.3 cm³/mol. The summed E-state index contributed by atoms with van der Waals surface area (Å²) in [5.74, 6) is 0.666. The first-order chi connectivity index (χ1) is 8.31. The van der Waals surface area contributed by atoms with Gasteiger partial charge in [0.05, 0.1) is 18.8 Å². The van der Waals surface area contributed by atoms with Crippen LogP contribution in [-0.2, 0) is 17.8 Å². The zero-order valence-corrected chi connectivity index (χ0v) is 10.4.